The summed E-state index contributed by atoms with van der Waals surface area (Å²) in [4.78, 5) is 24.9. The molecule has 0 saturated heterocycles. The fourth-order valence-corrected chi connectivity index (χ4v) is 2.15. The molecule has 0 aliphatic carbocycles. The summed E-state index contributed by atoms with van der Waals surface area (Å²) < 4.78 is 5.22. The minimum atomic E-state index is -0.463. The average molecular weight is 325 g/mol. The van der Waals surface area contributed by atoms with E-state index in [0.29, 0.717) is 17.1 Å². The Hall–Kier alpha value is -3.48. The number of para-hydroxylation sites is 2. The summed E-state index contributed by atoms with van der Waals surface area (Å²) in [6.45, 7) is 0. The lowest BCUT2D eigenvalue weighted by atomic mass is 10.2. The molecule has 24 heavy (non-hydrogen) atoms. The van der Waals surface area contributed by atoms with Crippen molar-refractivity contribution in [3.63, 3.8) is 0 Å². The summed E-state index contributed by atoms with van der Waals surface area (Å²) in [7, 11) is 1.53. The lowest BCUT2D eigenvalue weighted by Crippen LogP contribution is -2.17. The first kappa shape index (κ1) is 15.4. The smallest absolute Gasteiger partial charge is 0.278 e. The first-order valence-corrected chi connectivity index (χ1v) is 7.16. The van der Waals surface area contributed by atoms with Crippen LogP contribution in [0.1, 0.15) is 13.3 Å². The van der Waals surface area contributed by atoms with Crippen molar-refractivity contribution in [2.24, 2.45) is 0 Å². The van der Waals surface area contributed by atoms with Crippen LogP contribution in [0.2, 0.25) is 0 Å². The Bertz CT molecular complexity index is 878. The van der Waals surface area contributed by atoms with Crippen molar-refractivity contribution < 1.29 is 12.4 Å². The molecule has 7 nitrogen and oxygen atoms in total. The summed E-state index contributed by atoms with van der Waals surface area (Å²) in [6, 6.07) is 10.7. The van der Waals surface area contributed by atoms with Crippen molar-refractivity contribution in [2.75, 3.05) is 18.2 Å². The van der Waals surface area contributed by atoms with Crippen LogP contribution in [0.4, 0.5) is 11.5 Å². The molecule has 0 atom stereocenters. The van der Waals surface area contributed by atoms with E-state index >= 15 is 0 Å². The summed E-state index contributed by atoms with van der Waals surface area (Å²) in [5.74, 6) is 0.131. The second-order valence-corrected chi connectivity index (χ2v) is 4.89. The Morgan fingerprint density at radius 3 is 2.79 bits per heavy atom. The molecule has 0 bridgehead atoms. The zero-order valence-corrected chi connectivity index (χ0v) is 12.9. The van der Waals surface area contributed by atoms with E-state index in [1.807, 2.05) is 12.1 Å². The predicted molar refractivity (Wildman–Crippen MR) is 94.9 cm³/mol. The van der Waals surface area contributed by atoms with Gasteiger partial charge in [-0.3, -0.25) is 9.78 Å². The number of hydrogen-bond acceptors (Lipinski definition) is 6. The van der Waals surface area contributed by atoms with Gasteiger partial charge in [0, 0.05) is 20.8 Å². The van der Waals surface area contributed by atoms with Crippen LogP contribution < -0.4 is 15.8 Å². The van der Waals surface area contributed by atoms with Gasteiger partial charge in [-0.2, -0.15) is 0 Å². The number of methoxy groups -OCH3 is 1. The Morgan fingerprint density at radius 1 is 1.21 bits per heavy atom. The van der Waals surface area contributed by atoms with Crippen LogP contribution in [0.25, 0.3) is 11.3 Å². The van der Waals surface area contributed by atoms with E-state index in [0.717, 1.165) is 5.56 Å². The van der Waals surface area contributed by atoms with Crippen LogP contribution in [-0.2, 0) is 0 Å². The van der Waals surface area contributed by atoms with Gasteiger partial charge in [-0.05, 0) is 24.3 Å². The lowest BCUT2D eigenvalue weighted by molar-refractivity contribution is 0.102. The van der Waals surface area contributed by atoms with Crippen molar-refractivity contribution in [3.8, 4) is 17.0 Å². The number of nitrogens with two attached hydrogens (primary N) is 1. The number of rotatable bonds is 4. The quantitative estimate of drug-likeness (QED) is 0.764. The maximum Gasteiger partial charge on any atom is 0.278 e. The summed E-state index contributed by atoms with van der Waals surface area (Å²) >= 11 is 0. The first-order chi connectivity index (χ1) is 11.7. The van der Waals surface area contributed by atoms with Crippen LogP contribution in [0, 0.1) is 0 Å². The van der Waals surface area contributed by atoms with Crippen molar-refractivity contribution in [3.05, 3.63) is 60.7 Å². The molecule has 124 valence electrons. The number of hydrogen-bond donors (Lipinski definition) is 2. The number of anilines is 2. The van der Waals surface area contributed by atoms with Gasteiger partial charge in [0.2, 0.25) is 0 Å². The third-order valence-electron chi connectivity index (χ3n) is 3.33. The second kappa shape index (κ2) is 6.74. The van der Waals surface area contributed by atoms with Crippen LogP contribution in [0.5, 0.6) is 5.75 Å². The van der Waals surface area contributed by atoms with E-state index in [1.165, 1.54) is 13.3 Å². The Balaban J connectivity index is 0.00000169. The molecular weight excluding hydrogens is 306 g/mol. The molecule has 7 heteroatoms. The number of pyridine rings is 1. The van der Waals surface area contributed by atoms with Crippen LogP contribution in [-0.4, -0.2) is 28.0 Å². The van der Waals surface area contributed by atoms with Gasteiger partial charge in [0.05, 0.1) is 24.7 Å². The van der Waals surface area contributed by atoms with Gasteiger partial charge in [-0.1, -0.05) is 12.1 Å². The second-order valence-electron chi connectivity index (χ2n) is 4.89. The van der Waals surface area contributed by atoms with Crippen LogP contribution in [0.15, 0.2) is 55.0 Å². The Kier molecular flexibility index (Phi) is 4.33. The molecule has 0 aliphatic heterocycles. The summed E-state index contributed by atoms with van der Waals surface area (Å²) in [6.07, 6.45) is 4.80. The maximum absolute atomic E-state index is 12.5. The zero-order chi connectivity index (χ0) is 16.9. The van der Waals surface area contributed by atoms with Crippen molar-refractivity contribution in [1.82, 2.24) is 15.0 Å². The molecule has 3 aromatic rings. The normalized spacial score (nSPS) is 10.2. The number of ether oxygens (including phenoxy) is 1. The molecule has 3 N–H and O–H groups in total. The maximum atomic E-state index is 12.5. The van der Waals surface area contributed by atoms with E-state index in [-0.39, 0.29) is 14.4 Å². The predicted octanol–water partition coefficient (Wildman–Crippen LogP) is 2.87. The van der Waals surface area contributed by atoms with Gasteiger partial charge in [0.1, 0.15) is 5.75 Å². The highest BCUT2D eigenvalue weighted by atomic mass is 16.5. The summed E-state index contributed by atoms with van der Waals surface area (Å²) in [5.41, 5.74) is 7.64. The SMILES string of the molecule is COc1ccccc1NC(=O)c1nc(-c2cccnc2)cnc1N.[HH].[HH]. The highest BCUT2D eigenvalue weighted by molar-refractivity contribution is 6.06. The Labute approximate surface area is 141 Å². The first-order valence-electron chi connectivity index (χ1n) is 7.16. The molecule has 2 heterocycles. The topological polar surface area (TPSA) is 103 Å². The number of benzene rings is 1. The Morgan fingerprint density at radius 2 is 2.04 bits per heavy atom. The lowest BCUT2D eigenvalue weighted by Gasteiger charge is -2.11. The van der Waals surface area contributed by atoms with Gasteiger partial charge in [0.15, 0.2) is 11.5 Å². The number of nitrogen functional groups attached to an aromatic ring is 1. The largest absolute Gasteiger partial charge is 0.495 e. The molecule has 0 unspecified atom stereocenters. The molecule has 0 fully saturated rings. The molecule has 0 radical (unpaired) electrons. The van der Waals surface area contributed by atoms with E-state index < -0.39 is 5.91 Å². The monoisotopic (exact) mass is 325 g/mol. The number of amides is 1. The molecule has 1 aromatic carbocycles. The van der Waals surface area contributed by atoms with Crippen LogP contribution in [0.3, 0.4) is 0 Å². The molecular formula is C17H19N5O2. The van der Waals surface area contributed by atoms with Gasteiger partial charge < -0.3 is 15.8 Å². The fraction of sp³-hybridized carbons (Fsp3) is 0.0588. The third-order valence-corrected chi connectivity index (χ3v) is 3.33. The molecule has 0 saturated carbocycles. The van der Waals surface area contributed by atoms with Gasteiger partial charge in [-0.15, -0.1) is 0 Å². The molecule has 2 aromatic heterocycles. The number of aromatic nitrogens is 3. The highest BCUT2D eigenvalue weighted by Crippen LogP contribution is 2.24. The molecule has 0 aliphatic rings. The third kappa shape index (κ3) is 3.14. The minimum Gasteiger partial charge on any atom is -0.495 e. The van der Waals surface area contributed by atoms with Gasteiger partial charge >= 0.3 is 0 Å². The van der Waals surface area contributed by atoms with Crippen molar-refractivity contribution >= 4 is 17.4 Å². The van der Waals surface area contributed by atoms with E-state index in [2.05, 4.69) is 20.3 Å². The standard InChI is InChI=1S/C17H15N5O2.2H2/c1-24-14-7-3-2-6-12(14)22-17(23)15-16(18)20-10-13(21-15)11-5-4-8-19-9-11;;/h2-10H,1H3,(H2,18,20)(H,22,23);2*1H. The van der Waals surface area contributed by atoms with E-state index in [4.69, 9.17) is 10.5 Å². The van der Waals surface area contributed by atoms with Gasteiger partial charge in [0.25, 0.3) is 5.91 Å². The van der Waals surface area contributed by atoms with Crippen molar-refractivity contribution in [1.29, 1.82) is 0 Å². The number of nitrogens with zero attached hydrogens (tertiary/aromatic N) is 3. The summed E-state index contributed by atoms with van der Waals surface area (Å²) in [5, 5.41) is 2.74. The average Bonchev–Trinajstić information content (AvgIpc) is 2.63. The molecule has 1 amide bonds. The highest BCUT2D eigenvalue weighted by Gasteiger charge is 2.16. The van der Waals surface area contributed by atoms with Gasteiger partial charge in [-0.25, -0.2) is 9.97 Å². The fourth-order valence-electron chi connectivity index (χ4n) is 2.15. The number of carbonyl (C=O) groups is 1. The van der Waals surface area contributed by atoms with E-state index in [9.17, 15) is 4.79 Å². The molecule has 0 spiro atoms. The van der Waals surface area contributed by atoms with Crippen LogP contribution >= 0.6 is 0 Å². The van der Waals surface area contributed by atoms with E-state index in [1.54, 1.807) is 36.7 Å². The van der Waals surface area contributed by atoms with Crippen molar-refractivity contribution in [2.45, 2.75) is 0 Å². The number of nitrogens with one attached hydrogen (secondary N) is 1. The molecule has 3 rings (SSSR count). The number of carbonyl (C=O) groups excluding carboxylic acids is 1. The zero-order valence-electron chi connectivity index (χ0n) is 12.9. The minimum absolute atomic E-state index is 0.